The molecule has 0 aromatic heterocycles. The van der Waals surface area contributed by atoms with E-state index in [2.05, 4.69) is 15.3 Å². The lowest BCUT2D eigenvalue weighted by molar-refractivity contribution is -0.114. The van der Waals surface area contributed by atoms with E-state index in [9.17, 15) is 24.9 Å². The Morgan fingerprint density at radius 3 is 2.50 bits per heavy atom. The highest BCUT2D eigenvalue weighted by atomic mass is 16.4. The number of aliphatic hydroxyl groups excluding tert-OH is 4. The lowest BCUT2D eigenvalue weighted by atomic mass is 9.84. The number of benzene rings is 1. The average Bonchev–Trinajstić information content (AvgIpc) is 2.71. The Morgan fingerprint density at radius 2 is 1.90 bits per heavy atom. The Labute approximate surface area is 175 Å². The Bertz CT molecular complexity index is 851. The molecule has 5 N–H and O–H groups in total. The predicted molar refractivity (Wildman–Crippen MR) is 112 cm³/mol. The van der Waals surface area contributed by atoms with Gasteiger partial charge >= 0.3 is 0 Å². The van der Waals surface area contributed by atoms with Crippen molar-refractivity contribution in [2.45, 2.75) is 51.4 Å². The van der Waals surface area contributed by atoms with Crippen LogP contribution in [0.4, 0.5) is 5.69 Å². The average molecular weight is 419 g/mol. The number of carbonyl (C=O) groups excluding carboxylic acids is 2. The summed E-state index contributed by atoms with van der Waals surface area (Å²) in [6.45, 7) is 3.20. The Morgan fingerprint density at radius 1 is 1.23 bits per heavy atom. The summed E-state index contributed by atoms with van der Waals surface area (Å²) in [5, 5.41) is 41.6. The van der Waals surface area contributed by atoms with E-state index in [0.717, 1.165) is 16.7 Å². The van der Waals surface area contributed by atoms with E-state index in [1.165, 1.54) is 7.05 Å². The molecule has 4 atom stereocenters. The quantitative estimate of drug-likeness (QED) is 0.384. The summed E-state index contributed by atoms with van der Waals surface area (Å²) in [5.74, 6) is -0.799. The Hall–Kier alpha value is -2.46. The van der Waals surface area contributed by atoms with Crippen LogP contribution in [0.25, 0.3) is 0 Å². The van der Waals surface area contributed by atoms with Crippen LogP contribution in [-0.2, 0) is 16.0 Å². The molecular formula is C21H29N3O6. The third kappa shape index (κ3) is 5.57. The van der Waals surface area contributed by atoms with Gasteiger partial charge in [-0.25, -0.2) is 9.98 Å². The van der Waals surface area contributed by atoms with Crippen LogP contribution < -0.4 is 5.32 Å². The van der Waals surface area contributed by atoms with Gasteiger partial charge in [0.25, 0.3) is 5.91 Å². The van der Waals surface area contributed by atoms with Crippen molar-refractivity contribution in [1.82, 2.24) is 5.32 Å². The number of fused-ring (bicyclic) bond motifs is 1. The van der Waals surface area contributed by atoms with Gasteiger partial charge in [0.1, 0.15) is 17.9 Å². The van der Waals surface area contributed by atoms with Crippen LogP contribution in [0.15, 0.2) is 22.1 Å². The highest BCUT2D eigenvalue weighted by Crippen LogP contribution is 2.32. The zero-order valence-corrected chi connectivity index (χ0v) is 17.4. The number of carbonyl (C=O) groups is 2. The fraction of sp³-hybridized carbons (Fsp3) is 0.524. The minimum Gasteiger partial charge on any atom is -0.394 e. The van der Waals surface area contributed by atoms with Crippen molar-refractivity contribution < 1.29 is 30.0 Å². The van der Waals surface area contributed by atoms with Crippen LogP contribution in [0, 0.1) is 19.8 Å². The number of amides is 2. The first-order chi connectivity index (χ1) is 14.2. The molecule has 1 heterocycles. The van der Waals surface area contributed by atoms with E-state index in [-0.39, 0.29) is 30.2 Å². The van der Waals surface area contributed by atoms with Crippen LogP contribution in [-0.4, -0.2) is 76.1 Å². The van der Waals surface area contributed by atoms with Gasteiger partial charge in [0.2, 0.25) is 6.41 Å². The maximum absolute atomic E-state index is 12.5. The minimum atomic E-state index is -1.53. The molecule has 1 aliphatic rings. The third-order valence-electron chi connectivity index (χ3n) is 5.39. The molecule has 2 amide bonds. The first-order valence-corrected chi connectivity index (χ1v) is 9.78. The summed E-state index contributed by atoms with van der Waals surface area (Å²) in [4.78, 5) is 31.9. The molecule has 9 nitrogen and oxygen atoms in total. The van der Waals surface area contributed by atoms with Crippen LogP contribution in [0.1, 0.15) is 29.5 Å². The second-order valence-electron chi connectivity index (χ2n) is 7.60. The molecule has 0 aliphatic carbocycles. The van der Waals surface area contributed by atoms with Gasteiger partial charge in [-0.1, -0.05) is 6.07 Å². The van der Waals surface area contributed by atoms with Crippen molar-refractivity contribution >= 4 is 29.4 Å². The third-order valence-corrected chi connectivity index (χ3v) is 5.39. The van der Waals surface area contributed by atoms with Gasteiger partial charge in [0, 0.05) is 7.05 Å². The predicted octanol–water partition coefficient (Wildman–Crippen LogP) is -0.253. The number of hydrogen-bond donors (Lipinski definition) is 5. The normalized spacial score (nSPS) is 21.0. The first-order valence-electron chi connectivity index (χ1n) is 9.78. The van der Waals surface area contributed by atoms with E-state index < -0.39 is 30.8 Å². The van der Waals surface area contributed by atoms with E-state index >= 15 is 0 Å². The monoisotopic (exact) mass is 419 g/mol. The summed E-state index contributed by atoms with van der Waals surface area (Å²) in [7, 11) is 1.46. The van der Waals surface area contributed by atoms with E-state index in [4.69, 9.17) is 5.11 Å². The molecule has 1 aromatic carbocycles. The molecule has 0 bridgehead atoms. The molecule has 0 fully saturated rings. The van der Waals surface area contributed by atoms with Crippen LogP contribution in [0.5, 0.6) is 0 Å². The standard InChI is InChI=1S/C21H29N3O6/c1-11-4-14-6-13(8-17(27)20(29)18(28)9-25)7-16(23-10-26)19(21(30)22-3)24-15(14)5-12(11)2/h4-5,10,13,17-18,20,25,27-29H,6-9H2,1-3H3,(H,22,30). The molecule has 2 rings (SSSR count). The summed E-state index contributed by atoms with van der Waals surface area (Å²) < 4.78 is 0. The molecule has 0 saturated heterocycles. The topological polar surface area (TPSA) is 152 Å². The summed E-state index contributed by atoms with van der Waals surface area (Å²) >= 11 is 0. The van der Waals surface area contributed by atoms with Crippen molar-refractivity contribution in [2.75, 3.05) is 13.7 Å². The number of aliphatic imine (C=N–C) groups is 2. The minimum absolute atomic E-state index is 0.0178. The molecule has 1 aliphatic heterocycles. The fourth-order valence-electron chi connectivity index (χ4n) is 3.56. The van der Waals surface area contributed by atoms with Gasteiger partial charge in [0.05, 0.1) is 24.1 Å². The van der Waals surface area contributed by atoms with Gasteiger partial charge in [-0.15, -0.1) is 0 Å². The Kier molecular flexibility index (Phi) is 8.36. The van der Waals surface area contributed by atoms with E-state index in [0.29, 0.717) is 18.5 Å². The molecule has 0 saturated carbocycles. The molecule has 164 valence electrons. The summed E-state index contributed by atoms with van der Waals surface area (Å²) in [6, 6.07) is 3.82. The maximum atomic E-state index is 12.5. The van der Waals surface area contributed by atoms with Crippen molar-refractivity contribution in [3.8, 4) is 0 Å². The van der Waals surface area contributed by atoms with Crippen LogP contribution >= 0.6 is 0 Å². The zero-order chi connectivity index (χ0) is 22.4. The van der Waals surface area contributed by atoms with Crippen LogP contribution in [0.2, 0.25) is 0 Å². The second-order valence-corrected chi connectivity index (χ2v) is 7.60. The van der Waals surface area contributed by atoms with Crippen molar-refractivity contribution in [3.63, 3.8) is 0 Å². The number of nitrogens with zero attached hydrogens (tertiary/aromatic N) is 2. The number of hydrogen-bond acceptors (Lipinski definition) is 7. The molecule has 9 heteroatoms. The maximum Gasteiger partial charge on any atom is 0.271 e. The molecule has 0 spiro atoms. The lowest BCUT2D eigenvalue weighted by Crippen LogP contribution is -2.41. The van der Waals surface area contributed by atoms with Gasteiger partial charge < -0.3 is 25.7 Å². The largest absolute Gasteiger partial charge is 0.394 e. The summed E-state index contributed by atoms with van der Waals surface area (Å²) in [5.41, 5.74) is 3.67. The van der Waals surface area contributed by atoms with Gasteiger partial charge in [-0.3, -0.25) is 9.59 Å². The number of aliphatic hydroxyl groups is 4. The highest BCUT2D eigenvalue weighted by Gasteiger charge is 2.31. The molecule has 30 heavy (non-hydrogen) atoms. The number of nitrogens with one attached hydrogen (secondary N) is 1. The Balaban J connectivity index is 2.52. The fourth-order valence-corrected chi connectivity index (χ4v) is 3.56. The van der Waals surface area contributed by atoms with Gasteiger partial charge in [-0.2, -0.15) is 0 Å². The molecular weight excluding hydrogens is 390 g/mol. The van der Waals surface area contributed by atoms with E-state index in [1.807, 2.05) is 26.0 Å². The van der Waals surface area contributed by atoms with Crippen molar-refractivity contribution in [3.05, 3.63) is 28.8 Å². The number of rotatable bonds is 7. The van der Waals surface area contributed by atoms with Gasteiger partial charge in [-0.05, 0) is 61.8 Å². The SMILES string of the molecule is CNC(=O)C1=Nc2cc(C)c(C)cc2CC(CC(O)C(O)C(O)CO)CC1=NC=O. The summed E-state index contributed by atoms with van der Waals surface area (Å²) in [6.07, 6.45) is -3.30. The zero-order valence-electron chi connectivity index (χ0n) is 17.4. The molecule has 4 unspecified atom stereocenters. The second kappa shape index (κ2) is 10.5. The lowest BCUT2D eigenvalue weighted by Gasteiger charge is -2.28. The smallest absolute Gasteiger partial charge is 0.271 e. The van der Waals surface area contributed by atoms with Crippen LogP contribution in [0.3, 0.4) is 0 Å². The first kappa shape index (κ1) is 23.8. The molecule has 0 radical (unpaired) electrons. The highest BCUT2D eigenvalue weighted by molar-refractivity contribution is 6.67. The van der Waals surface area contributed by atoms with Gasteiger partial charge in [0.15, 0.2) is 0 Å². The van der Waals surface area contributed by atoms with Crippen molar-refractivity contribution in [2.24, 2.45) is 15.9 Å². The number of aryl methyl sites for hydroxylation is 2. The molecule has 1 aromatic rings. The van der Waals surface area contributed by atoms with Crippen molar-refractivity contribution in [1.29, 1.82) is 0 Å². The van der Waals surface area contributed by atoms with E-state index in [1.54, 1.807) is 0 Å².